The van der Waals surface area contributed by atoms with Crippen molar-refractivity contribution in [1.82, 2.24) is 0 Å². The average molecular weight is 423 g/mol. The summed E-state index contributed by atoms with van der Waals surface area (Å²) >= 11 is 6.06. The zero-order valence-electron chi connectivity index (χ0n) is 16.1. The molecule has 0 saturated carbocycles. The number of fused-ring (bicyclic) bond motifs is 2. The predicted octanol–water partition coefficient (Wildman–Crippen LogP) is 5.00. The second-order valence-corrected chi connectivity index (χ2v) is 7.65. The number of benzene rings is 3. The van der Waals surface area contributed by atoms with Crippen LogP contribution in [0.5, 0.6) is 11.5 Å². The second kappa shape index (κ2) is 8.01. The van der Waals surface area contributed by atoms with Crippen LogP contribution in [0.4, 0.5) is 0 Å². The maximum atomic E-state index is 13.2. The average Bonchev–Trinajstić information content (AvgIpc) is 3.57. The van der Waals surface area contributed by atoms with E-state index in [1.54, 1.807) is 24.3 Å². The van der Waals surface area contributed by atoms with Crippen molar-refractivity contribution in [3.63, 3.8) is 0 Å². The van der Waals surface area contributed by atoms with Crippen molar-refractivity contribution in [3.05, 3.63) is 81.5 Å². The molecule has 2 heterocycles. The molecule has 0 radical (unpaired) electrons. The Labute approximate surface area is 177 Å². The van der Waals surface area contributed by atoms with Gasteiger partial charge in [-0.05, 0) is 29.8 Å². The highest BCUT2D eigenvalue weighted by Crippen LogP contribution is 2.32. The van der Waals surface area contributed by atoms with Crippen LogP contribution < -0.4 is 14.9 Å². The molecule has 3 aromatic carbocycles. The number of ether oxygens (including phenoxy) is 3. The van der Waals surface area contributed by atoms with Gasteiger partial charge in [-0.3, -0.25) is 4.79 Å². The third-order valence-electron chi connectivity index (χ3n) is 4.99. The lowest BCUT2D eigenvalue weighted by molar-refractivity contribution is 0.261. The Balaban J connectivity index is 1.51. The predicted molar refractivity (Wildman–Crippen MR) is 116 cm³/mol. The van der Waals surface area contributed by atoms with Crippen LogP contribution in [0.25, 0.3) is 21.9 Å². The molecule has 1 aliphatic heterocycles. The number of hydrogen-bond acceptors (Lipinski definition) is 5. The van der Waals surface area contributed by atoms with Crippen LogP contribution >= 0.6 is 11.6 Å². The summed E-state index contributed by atoms with van der Waals surface area (Å²) in [5.41, 5.74) is 1.90. The van der Waals surface area contributed by atoms with Gasteiger partial charge in [-0.25, -0.2) is 0 Å². The lowest BCUT2D eigenvalue weighted by Crippen LogP contribution is -2.09. The minimum atomic E-state index is -0.123. The zero-order chi connectivity index (χ0) is 20.5. The summed E-state index contributed by atoms with van der Waals surface area (Å²) in [6.45, 7) is 1.54. The maximum absolute atomic E-state index is 13.2. The van der Waals surface area contributed by atoms with Gasteiger partial charge in [-0.2, -0.15) is 0 Å². The first-order valence-electron chi connectivity index (χ1n) is 9.78. The molecule has 152 valence electrons. The minimum absolute atomic E-state index is 0.122. The fraction of sp³-hybridized carbons (Fsp3) is 0.208. The third-order valence-corrected chi connectivity index (χ3v) is 5.23. The van der Waals surface area contributed by atoms with Crippen molar-refractivity contribution >= 4 is 33.5 Å². The van der Waals surface area contributed by atoms with Gasteiger partial charge in [-0.15, -0.1) is 0 Å². The van der Waals surface area contributed by atoms with Gasteiger partial charge in [0.15, 0.2) is 0 Å². The van der Waals surface area contributed by atoms with Crippen LogP contribution in [0.3, 0.4) is 0 Å². The van der Waals surface area contributed by atoms with Gasteiger partial charge in [0, 0.05) is 23.6 Å². The standard InChI is InChI=1S/C24H19ClO5/c25-16-5-3-4-15(10-16)8-9-27-21-11-17(28-13-18-14-29-18)12-22-23(21)24(26)19-6-1-2-7-20(19)30-22/h1-7,10-12,18H,8-9,13-14H2. The molecule has 1 saturated heterocycles. The van der Waals surface area contributed by atoms with E-state index in [1.165, 1.54) is 0 Å². The Hall–Kier alpha value is -3.02. The largest absolute Gasteiger partial charge is 0.492 e. The van der Waals surface area contributed by atoms with E-state index < -0.39 is 0 Å². The molecule has 0 amide bonds. The Morgan fingerprint density at radius 1 is 1.00 bits per heavy atom. The van der Waals surface area contributed by atoms with Crippen LogP contribution in [0.1, 0.15) is 5.56 Å². The molecule has 30 heavy (non-hydrogen) atoms. The molecule has 5 rings (SSSR count). The molecular formula is C24H19ClO5. The van der Waals surface area contributed by atoms with Crippen LogP contribution in [-0.4, -0.2) is 25.9 Å². The summed E-state index contributed by atoms with van der Waals surface area (Å²) in [6, 6.07) is 18.3. The summed E-state index contributed by atoms with van der Waals surface area (Å²) < 4.78 is 23.1. The Kier molecular flexibility index (Phi) is 5.07. The van der Waals surface area contributed by atoms with Gasteiger partial charge in [0.25, 0.3) is 0 Å². The van der Waals surface area contributed by atoms with Crippen LogP contribution in [0, 0.1) is 0 Å². The highest BCUT2D eigenvalue weighted by Gasteiger charge is 2.23. The van der Waals surface area contributed by atoms with E-state index in [4.69, 9.17) is 30.2 Å². The van der Waals surface area contributed by atoms with Crippen LogP contribution in [0.15, 0.2) is 69.9 Å². The van der Waals surface area contributed by atoms with Gasteiger partial charge < -0.3 is 18.6 Å². The van der Waals surface area contributed by atoms with Crippen LogP contribution in [0.2, 0.25) is 5.02 Å². The smallest absolute Gasteiger partial charge is 0.204 e. The maximum Gasteiger partial charge on any atom is 0.204 e. The highest BCUT2D eigenvalue weighted by molar-refractivity contribution is 6.30. The molecule has 5 nitrogen and oxygen atoms in total. The van der Waals surface area contributed by atoms with Crippen LogP contribution in [-0.2, 0) is 11.2 Å². The number of halogens is 1. The van der Waals surface area contributed by atoms with Crippen molar-refractivity contribution in [3.8, 4) is 11.5 Å². The fourth-order valence-corrected chi connectivity index (χ4v) is 3.60. The third kappa shape index (κ3) is 3.99. The molecular weight excluding hydrogens is 404 g/mol. The van der Waals surface area contributed by atoms with Gasteiger partial charge in [0.1, 0.15) is 40.8 Å². The summed E-state index contributed by atoms with van der Waals surface area (Å²) in [5, 5.41) is 1.61. The van der Waals surface area contributed by atoms with E-state index in [9.17, 15) is 4.79 Å². The molecule has 1 aliphatic rings. The molecule has 1 atom stereocenters. The molecule has 6 heteroatoms. The number of para-hydroxylation sites is 1. The first-order chi connectivity index (χ1) is 14.7. The first kappa shape index (κ1) is 19.0. The summed E-state index contributed by atoms with van der Waals surface area (Å²) in [7, 11) is 0. The fourth-order valence-electron chi connectivity index (χ4n) is 3.39. The second-order valence-electron chi connectivity index (χ2n) is 7.22. The van der Waals surface area contributed by atoms with E-state index >= 15 is 0 Å². The van der Waals surface area contributed by atoms with E-state index in [0.29, 0.717) is 64.7 Å². The van der Waals surface area contributed by atoms with Gasteiger partial charge >= 0.3 is 0 Å². The molecule has 0 bridgehead atoms. The van der Waals surface area contributed by atoms with Crippen molar-refractivity contribution in [2.75, 3.05) is 19.8 Å². The number of hydrogen-bond donors (Lipinski definition) is 0. The minimum Gasteiger partial charge on any atom is -0.492 e. The van der Waals surface area contributed by atoms with Gasteiger partial charge in [0.2, 0.25) is 5.43 Å². The van der Waals surface area contributed by atoms with E-state index in [2.05, 4.69) is 0 Å². The molecule has 1 aromatic heterocycles. The molecule has 1 fully saturated rings. The van der Waals surface area contributed by atoms with Crippen molar-refractivity contribution in [1.29, 1.82) is 0 Å². The molecule has 4 aromatic rings. The van der Waals surface area contributed by atoms with Gasteiger partial charge in [-0.1, -0.05) is 35.9 Å². The normalized spacial score (nSPS) is 15.4. The van der Waals surface area contributed by atoms with Crippen molar-refractivity contribution in [2.45, 2.75) is 12.5 Å². The SMILES string of the molecule is O=c1c2ccccc2oc2cc(OCC3CO3)cc(OCCc3cccc(Cl)c3)c12. The zero-order valence-corrected chi connectivity index (χ0v) is 16.9. The molecule has 0 aliphatic carbocycles. The highest BCUT2D eigenvalue weighted by atomic mass is 35.5. The van der Waals surface area contributed by atoms with Crippen molar-refractivity contribution < 1.29 is 18.6 Å². The molecule has 1 unspecified atom stereocenters. The summed E-state index contributed by atoms with van der Waals surface area (Å²) in [5.74, 6) is 1.02. The quantitative estimate of drug-likeness (QED) is 0.310. The van der Waals surface area contributed by atoms with E-state index in [-0.39, 0.29) is 11.5 Å². The lowest BCUT2D eigenvalue weighted by atomic mass is 10.1. The molecule has 0 N–H and O–H groups in total. The van der Waals surface area contributed by atoms with E-state index in [1.807, 2.05) is 36.4 Å². The molecule has 0 spiro atoms. The Morgan fingerprint density at radius 2 is 1.87 bits per heavy atom. The summed E-state index contributed by atoms with van der Waals surface area (Å²) in [6.07, 6.45) is 0.776. The summed E-state index contributed by atoms with van der Waals surface area (Å²) in [4.78, 5) is 13.2. The first-order valence-corrected chi connectivity index (χ1v) is 10.2. The Bertz CT molecular complexity index is 1280. The number of rotatable bonds is 7. The van der Waals surface area contributed by atoms with E-state index in [0.717, 1.165) is 5.56 Å². The topological polar surface area (TPSA) is 61.2 Å². The van der Waals surface area contributed by atoms with Crippen molar-refractivity contribution in [2.24, 2.45) is 0 Å². The lowest BCUT2D eigenvalue weighted by Gasteiger charge is -2.13. The van der Waals surface area contributed by atoms with Gasteiger partial charge in [0.05, 0.1) is 18.6 Å². The number of epoxide rings is 1. The monoisotopic (exact) mass is 422 g/mol. The Morgan fingerprint density at radius 3 is 2.70 bits per heavy atom.